The van der Waals surface area contributed by atoms with Crippen molar-refractivity contribution in [2.24, 2.45) is 0 Å². The van der Waals surface area contributed by atoms with E-state index in [0.29, 0.717) is 16.7 Å². The van der Waals surface area contributed by atoms with Gasteiger partial charge in [-0.2, -0.15) is 8.42 Å². The highest BCUT2D eigenvalue weighted by atomic mass is 32.2. The second-order valence-corrected chi connectivity index (χ2v) is 4.87. The van der Waals surface area contributed by atoms with E-state index in [2.05, 4.69) is 5.32 Å². The SMILES string of the molecule is O=C(NCCS(=O)(=O)O)c1cc2ccc1o2. The third-order valence-corrected chi connectivity index (χ3v) is 2.79. The minimum atomic E-state index is -4.05. The van der Waals surface area contributed by atoms with Gasteiger partial charge in [-0.05, 0) is 18.2 Å². The van der Waals surface area contributed by atoms with Gasteiger partial charge >= 0.3 is 0 Å². The molecule has 0 saturated heterocycles. The highest BCUT2D eigenvalue weighted by molar-refractivity contribution is 7.85. The number of benzene rings is 1. The largest absolute Gasteiger partial charge is 0.457 e. The van der Waals surface area contributed by atoms with Gasteiger partial charge < -0.3 is 9.73 Å². The fourth-order valence-corrected chi connectivity index (χ4v) is 1.71. The maximum Gasteiger partial charge on any atom is 0.266 e. The number of amides is 1. The van der Waals surface area contributed by atoms with Crippen molar-refractivity contribution in [1.29, 1.82) is 0 Å². The molecule has 0 radical (unpaired) electrons. The van der Waals surface area contributed by atoms with E-state index in [1.165, 1.54) is 0 Å². The summed E-state index contributed by atoms with van der Waals surface area (Å²) in [6, 6.07) is 4.95. The molecule has 6 nitrogen and oxygen atoms in total. The number of hydrogen-bond donors (Lipinski definition) is 2. The summed E-state index contributed by atoms with van der Waals surface area (Å²) >= 11 is 0. The number of carbonyl (C=O) groups is 1. The zero-order valence-electron chi connectivity index (χ0n) is 8.13. The highest BCUT2D eigenvalue weighted by Gasteiger charge is 2.15. The van der Waals surface area contributed by atoms with E-state index in [9.17, 15) is 13.2 Å². The van der Waals surface area contributed by atoms with E-state index in [4.69, 9.17) is 8.97 Å². The molecule has 0 aromatic carbocycles. The summed E-state index contributed by atoms with van der Waals surface area (Å²) in [6.45, 7) is -0.138. The first-order chi connectivity index (χ1) is 7.46. The topological polar surface area (TPSA) is 96.6 Å². The Balaban J connectivity index is 1.96. The monoisotopic (exact) mass is 243 g/mol. The lowest BCUT2D eigenvalue weighted by molar-refractivity contribution is 0.0957. The normalized spacial score (nSPS) is 12.1. The number of hydrogen-bond acceptors (Lipinski definition) is 4. The molecule has 0 fully saturated rings. The van der Waals surface area contributed by atoms with Gasteiger partial charge in [-0.25, -0.2) is 0 Å². The maximum absolute atomic E-state index is 11.5. The van der Waals surface area contributed by atoms with Gasteiger partial charge in [-0.15, -0.1) is 0 Å². The van der Waals surface area contributed by atoms with E-state index in [-0.39, 0.29) is 6.54 Å². The lowest BCUT2D eigenvalue weighted by atomic mass is 10.2. The zero-order valence-corrected chi connectivity index (χ0v) is 8.95. The molecule has 2 aromatic rings. The number of fused-ring (bicyclic) bond motifs is 2. The van der Waals surface area contributed by atoms with Crippen molar-refractivity contribution in [1.82, 2.24) is 5.32 Å². The van der Waals surface area contributed by atoms with Crippen molar-refractivity contribution >= 4 is 27.2 Å². The molecule has 1 amide bonds. The molecule has 7 heteroatoms. The van der Waals surface area contributed by atoms with Crippen LogP contribution in [0.3, 0.4) is 0 Å². The molecule has 16 heavy (non-hydrogen) atoms. The van der Waals surface area contributed by atoms with Crippen LogP contribution in [0.5, 0.6) is 0 Å². The first kappa shape index (κ1) is 10.9. The van der Waals surface area contributed by atoms with Crippen LogP contribution in [-0.2, 0) is 10.1 Å². The van der Waals surface area contributed by atoms with E-state index >= 15 is 0 Å². The van der Waals surface area contributed by atoms with Crippen molar-refractivity contribution in [3.05, 3.63) is 23.8 Å². The van der Waals surface area contributed by atoms with Crippen LogP contribution in [0.25, 0.3) is 11.2 Å². The summed E-state index contributed by atoms with van der Waals surface area (Å²) < 4.78 is 34.4. The Morgan fingerprint density at radius 1 is 1.44 bits per heavy atom. The van der Waals surface area contributed by atoms with Crippen LogP contribution in [-0.4, -0.2) is 31.2 Å². The van der Waals surface area contributed by atoms with Crippen molar-refractivity contribution in [3.63, 3.8) is 0 Å². The minimum Gasteiger partial charge on any atom is -0.457 e. The average molecular weight is 243 g/mol. The predicted octanol–water partition coefficient (Wildman–Crippen LogP) is 0.488. The number of nitrogens with one attached hydrogen (secondary N) is 1. The van der Waals surface area contributed by atoms with Crippen molar-refractivity contribution in [3.8, 4) is 0 Å². The van der Waals surface area contributed by atoms with Crippen molar-refractivity contribution in [2.45, 2.75) is 0 Å². The van der Waals surface area contributed by atoms with Gasteiger partial charge in [0.25, 0.3) is 16.0 Å². The smallest absolute Gasteiger partial charge is 0.266 e. The first-order valence-electron chi connectivity index (χ1n) is 4.51. The molecule has 0 aliphatic heterocycles. The molecule has 0 unspecified atom stereocenters. The summed E-state index contributed by atoms with van der Waals surface area (Å²) in [7, 11) is -4.05. The van der Waals surface area contributed by atoms with E-state index < -0.39 is 21.8 Å². The van der Waals surface area contributed by atoms with Crippen molar-refractivity contribution < 1.29 is 22.2 Å². The molecule has 0 saturated carbocycles. The van der Waals surface area contributed by atoms with Crippen LogP contribution in [0.1, 0.15) is 10.4 Å². The summed E-state index contributed by atoms with van der Waals surface area (Å²) in [6.07, 6.45) is 0. The van der Waals surface area contributed by atoms with Gasteiger partial charge in [-0.1, -0.05) is 0 Å². The Labute approximate surface area is 91.3 Å². The van der Waals surface area contributed by atoms with Gasteiger partial charge in [0, 0.05) is 6.54 Å². The van der Waals surface area contributed by atoms with Crippen LogP contribution >= 0.6 is 0 Å². The molecule has 0 aliphatic rings. The Kier molecular flexibility index (Phi) is 2.56. The predicted molar refractivity (Wildman–Crippen MR) is 56.1 cm³/mol. The second-order valence-electron chi connectivity index (χ2n) is 3.30. The van der Waals surface area contributed by atoms with Crippen LogP contribution < -0.4 is 5.32 Å². The molecule has 2 bridgehead atoms. The van der Waals surface area contributed by atoms with E-state index in [1.54, 1.807) is 18.2 Å². The summed E-state index contributed by atoms with van der Waals surface area (Å²) in [5, 5.41) is 2.37. The minimum absolute atomic E-state index is 0.138. The summed E-state index contributed by atoms with van der Waals surface area (Å²) in [5.41, 5.74) is 1.42. The molecule has 2 rings (SSSR count). The van der Waals surface area contributed by atoms with Gasteiger partial charge in [-0.3, -0.25) is 9.35 Å². The Morgan fingerprint density at radius 3 is 2.69 bits per heavy atom. The molecule has 2 heterocycles. The quantitative estimate of drug-likeness (QED) is 0.762. The van der Waals surface area contributed by atoms with Gasteiger partial charge in [0.05, 0.1) is 11.3 Å². The fraction of sp³-hybridized carbons (Fsp3) is 0.222. The van der Waals surface area contributed by atoms with Crippen LogP contribution in [0, 0.1) is 0 Å². The maximum atomic E-state index is 11.5. The van der Waals surface area contributed by atoms with Crippen LogP contribution in [0.15, 0.2) is 22.6 Å². The molecule has 0 aliphatic carbocycles. The number of carbonyl (C=O) groups excluding carboxylic acids is 1. The van der Waals surface area contributed by atoms with Crippen LogP contribution in [0.4, 0.5) is 0 Å². The zero-order chi connectivity index (χ0) is 11.8. The van der Waals surface area contributed by atoms with Gasteiger partial charge in [0.15, 0.2) is 0 Å². The van der Waals surface area contributed by atoms with Crippen LogP contribution in [0.2, 0.25) is 0 Å². The fourth-order valence-electron chi connectivity index (χ4n) is 1.35. The molecular formula is C9H9NO5S. The Morgan fingerprint density at radius 2 is 2.19 bits per heavy atom. The second kappa shape index (κ2) is 3.76. The standard InChI is InChI=1S/C9H9NO5S/c11-9(10-3-4-16(12,13)14)7-5-6-1-2-8(7)15-6/h1-2,5H,3-4H2,(H,10,11)(H,12,13,14). The lowest BCUT2D eigenvalue weighted by Crippen LogP contribution is -2.28. The third-order valence-electron chi connectivity index (χ3n) is 2.07. The number of furan rings is 2. The lowest BCUT2D eigenvalue weighted by Gasteiger charge is -2.01. The molecular weight excluding hydrogens is 234 g/mol. The summed E-state index contributed by atoms with van der Waals surface area (Å²) in [5.74, 6) is -0.924. The highest BCUT2D eigenvalue weighted by Crippen LogP contribution is 2.21. The third kappa shape index (κ3) is 2.31. The molecule has 86 valence electrons. The van der Waals surface area contributed by atoms with Gasteiger partial charge in [0.1, 0.15) is 11.2 Å². The average Bonchev–Trinajstić information content (AvgIpc) is 2.76. The molecule has 0 spiro atoms. The first-order valence-corrected chi connectivity index (χ1v) is 6.12. The molecule has 0 atom stereocenters. The molecule has 2 aromatic heterocycles. The Hall–Kier alpha value is -1.60. The number of rotatable bonds is 4. The van der Waals surface area contributed by atoms with Gasteiger partial charge in [0.2, 0.25) is 0 Å². The van der Waals surface area contributed by atoms with E-state index in [0.717, 1.165) is 0 Å². The van der Waals surface area contributed by atoms with E-state index in [1.807, 2.05) is 0 Å². The summed E-state index contributed by atoms with van der Waals surface area (Å²) in [4.78, 5) is 11.5. The molecule has 2 N–H and O–H groups in total. The van der Waals surface area contributed by atoms with Crippen molar-refractivity contribution in [2.75, 3.05) is 12.3 Å². The Bertz CT molecular complexity index is 600.